The summed E-state index contributed by atoms with van der Waals surface area (Å²) < 4.78 is 34.7. The van der Waals surface area contributed by atoms with Gasteiger partial charge in [-0.15, -0.1) is 0 Å². The molecule has 0 amide bonds. The molecule has 158 valence electrons. The van der Waals surface area contributed by atoms with Crippen molar-refractivity contribution < 1.29 is 13.2 Å². The van der Waals surface area contributed by atoms with Gasteiger partial charge in [0.25, 0.3) is 10.0 Å². The summed E-state index contributed by atoms with van der Waals surface area (Å²) in [6.45, 7) is 6.79. The molecule has 0 saturated heterocycles. The molecule has 3 aliphatic rings. The minimum Gasteiger partial charge on any atom is -0.497 e. The van der Waals surface area contributed by atoms with Crippen LogP contribution in [-0.4, -0.2) is 42.7 Å². The molecule has 1 aromatic carbocycles. The SMILES string of the molecule is COc1ccc(S(=O)(=O)N2C(c3ccccn3)=N[C@@H]3[C@H]4CC[C@@](C)([C@@H]32)C4(C)C)cc1. The molecular formula is C23H27N3O3S. The average molecular weight is 426 g/mol. The van der Waals surface area contributed by atoms with E-state index in [2.05, 4.69) is 25.8 Å². The normalized spacial score (nSPS) is 31.5. The van der Waals surface area contributed by atoms with Gasteiger partial charge in [-0.1, -0.05) is 26.8 Å². The Bertz CT molecular complexity index is 1110. The van der Waals surface area contributed by atoms with Gasteiger partial charge in [0, 0.05) is 6.20 Å². The van der Waals surface area contributed by atoms with Crippen LogP contribution < -0.4 is 4.74 Å². The second-order valence-electron chi connectivity index (χ2n) is 9.36. The van der Waals surface area contributed by atoms with Crippen molar-refractivity contribution >= 4 is 15.9 Å². The first-order valence-corrected chi connectivity index (χ1v) is 11.8. The highest BCUT2D eigenvalue weighted by atomic mass is 32.2. The number of nitrogens with zero attached hydrogens (tertiary/aromatic N) is 3. The molecular weight excluding hydrogens is 398 g/mol. The maximum absolute atomic E-state index is 14.0. The molecule has 5 rings (SSSR count). The number of rotatable bonds is 4. The number of aliphatic imine (C=N–C) groups is 1. The van der Waals surface area contributed by atoms with E-state index in [1.165, 1.54) is 0 Å². The highest BCUT2D eigenvalue weighted by molar-refractivity contribution is 7.89. The van der Waals surface area contributed by atoms with E-state index in [1.807, 2.05) is 18.2 Å². The number of methoxy groups -OCH3 is 1. The number of benzene rings is 1. The minimum absolute atomic E-state index is 0.0230. The molecule has 6 nitrogen and oxygen atoms in total. The van der Waals surface area contributed by atoms with E-state index >= 15 is 0 Å². The van der Waals surface area contributed by atoms with E-state index in [1.54, 1.807) is 41.9 Å². The van der Waals surface area contributed by atoms with Gasteiger partial charge in [-0.3, -0.25) is 9.98 Å². The van der Waals surface area contributed by atoms with Crippen LogP contribution in [0.4, 0.5) is 0 Å². The number of aromatic nitrogens is 1. The molecule has 2 aliphatic carbocycles. The van der Waals surface area contributed by atoms with E-state index in [-0.39, 0.29) is 27.8 Å². The van der Waals surface area contributed by atoms with E-state index in [9.17, 15) is 8.42 Å². The topological polar surface area (TPSA) is 71.9 Å². The molecule has 0 N–H and O–H groups in total. The van der Waals surface area contributed by atoms with E-state index in [0.717, 1.165) is 12.8 Å². The Morgan fingerprint density at radius 2 is 1.83 bits per heavy atom. The lowest BCUT2D eigenvalue weighted by Crippen LogP contribution is -2.52. The minimum atomic E-state index is -3.82. The Morgan fingerprint density at radius 3 is 2.47 bits per heavy atom. The van der Waals surface area contributed by atoms with Gasteiger partial charge in [-0.05, 0) is 66.0 Å². The number of amidine groups is 1. The Balaban J connectivity index is 1.68. The maximum Gasteiger partial charge on any atom is 0.265 e. The number of hydrogen-bond donors (Lipinski definition) is 0. The van der Waals surface area contributed by atoms with Crippen molar-refractivity contribution in [3.05, 3.63) is 54.4 Å². The van der Waals surface area contributed by atoms with Gasteiger partial charge >= 0.3 is 0 Å². The van der Waals surface area contributed by atoms with E-state index in [0.29, 0.717) is 23.2 Å². The summed E-state index contributed by atoms with van der Waals surface area (Å²) in [6, 6.07) is 11.9. The van der Waals surface area contributed by atoms with Crippen LogP contribution in [0.15, 0.2) is 58.5 Å². The highest BCUT2D eigenvalue weighted by Crippen LogP contribution is 2.69. The fraction of sp³-hybridized carbons (Fsp3) is 0.478. The predicted molar refractivity (Wildman–Crippen MR) is 115 cm³/mol. The summed E-state index contributed by atoms with van der Waals surface area (Å²) in [7, 11) is -2.25. The zero-order valence-corrected chi connectivity index (χ0v) is 18.6. The number of sulfonamides is 1. The fourth-order valence-electron chi connectivity index (χ4n) is 5.97. The number of pyridine rings is 1. The zero-order valence-electron chi connectivity index (χ0n) is 17.7. The van der Waals surface area contributed by atoms with Crippen LogP contribution in [0.2, 0.25) is 0 Å². The van der Waals surface area contributed by atoms with Gasteiger partial charge < -0.3 is 4.74 Å². The third-order valence-corrected chi connectivity index (χ3v) is 9.79. The van der Waals surface area contributed by atoms with Gasteiger partial charge in [-0.2, -0.15) is 0 Å². The predicted octanol–water partition coefficient (Wildman–Crippen LogP) is 3.73. The Labute approximate surface area is 178 Å². The van der Waals surface area contributed by atoms with Crippen LogP contribution in [-0.2, 0) is 10.0 Å². The highest BCUT2D eigenvalue weighted by Gasteiger charge is 2.71. The summed E-state index contributed by atoms with van der Waals surface area (Å²) in [4.78, 5) is 9.72. The molecule has 4 atom stereocenters. The van der Waals surface area contributed by atoms with Gasteiger partial charge in [0.1, 0.15) is 11.4 Å². The summed E-state index contributed by atoms with van der Waals surface area (Å²) in [5.74, 6) is 1.46. The maximum atomic E-state index is 14.0. The molecule has 0 radical (unpaired) electrons. The molecule has 2 aromatic rings. The fourth-order valence-corrected chi connectivity index (χ4v) is 7.70. The number of ether oxygens (including phenoxy) is 1. The Morgan fingerprint density at radius 1 is 1.10 bits per heavy atom. The van der Waals surface area contributed by atoms with Gasteiger partial charge in [0.05, 0.1) is 24.1 Å². The molecule has 7 heteroatoms. The van der Waals surface area contributed by atoms with Crippen molar-refractivity contribution in [3.63, 3.8) is 0 Å². The molecule has 2 fully saturated rings. The van der Waals surface area contributed by atoms with Crippen molar-refractivity contribution in [2.24, 2.45) is 21.7 Å². The van der Waals surface area contributed by atoms with Crippen molar-refractivity contribution in [2.75, 3.05) is 7.11 Å². The molecule has 2 heterocycles. The van der Waals surface area contributed by atoms with Crippen LogP contribution in [0.3, 0.4) is 0 Å². The monoisotopic (exact) mass is 425 g/mol. The van der Waals surface area contributed by atoms with E-state index in [4.69, 9.17) is 9.73 Å². The molecule has 1 aliphatic heterocycles. The lowest BCUT2D eigenvalue weighted by atomic mass is 9.69. The first-order chi connectivity index (χ1) is 14.2. The smallest absolute Gasteiger partial charge is 0.265 e. The Kier molecular flexibility index (Phi) is 4.10. The van der Waals surface area contributed by atoms with Crippen LogP contribution in [0.1, 0.15) is 39.3 Å². The average Bonchev–Trinajstić information content (AvgIpc) is 3.31. The summed E-state index contributed by atoms with van der Waals surface area (Å²) in [5.41, 5.74) is 0.474. The standard InChI is InChI=1S/C23H27N3O3S/c1-22(2)17-12-13-23(22,3)20-19(17)25-21(18-7-5-6-14-24-18)26(20)30(27,28)16-10-8-15(29-4)9-11-16/h5-11,14,17,19-20H,12-13H2,1-4H3/t17-,19-,20-,23+/m1/s1. The molecule has 2 bridgehead atoms. The molecule has 0 spiro atoms. The third-order valence-electron chi connectivity index (χ3n) is 8.01. The third kappa shape index (κ3) is 2.38. The van der Waals surface area contributed by atoms with E-state index < -0.39 is 10.0 Å². The summed E-state index contributed by atoms with van der Waals surface area (Å²) in [6.07, 6.45) is 3.77. The van der Waals surface area contributed by atoms with Crippen LogP contribution >= 0.6 is 0 Å². The van der Waals surface area contributed by atoms with Gasteiger partial charge in [0.15, 0.2) is 5.84 Å². The zero-order chi connectivity index (χ0) is 21.3. The van der Waals surface area contributed by atoms with Crippen molar-refractivity contribution in [1.82, 2.24) is 9.29 Å². The second-order valence-corrected chi connectivity index (χ2v) is 11.2. The molecule has 30 heavy (non-hydrogen) atoms. The Hall–Kier alpha value is -2.41. The number of fused-ring (bicyclic) bond motifs is 5. The quantitative estimate of drug-likeness (QED) is 0.748. The summed E-state index contributed by atoms with van der Waals surface area (Å²) >= 11 is 0. The summed E-state index contributed by atoms with van der Waals surface area (Å²) in [5, 5.41) is 0. The number of hydrogen-bond acceptors (Lipinski definition) is 5. The van der Waals surface area contributed by atoms with Gasteiger partial charge in [-0.25, -0.2) is 12.7 Å². The first kappa shape index (κ1) is 19.5. The van der Waals surface area contributed by atoms with Crippen molar-refractivity contribution in [2.45, 2.75) is 50.6 Å². The van der Waals surface area contributed by atoms with Crippen LogP contribution in [0.25, 0.3) is 0 Å². The van der Waals surface area contributed by atoms with Crippen molar-refractivity contribution in [3.8, 4) is 5.75 Å². The second kappa shape index (κ2) is 6.30. The lowest BCUT2D eigenvalue weighted by Gasteiger charge is -2.42. The van der Waals surface area contributed by atoms with Crippen LogP contribution in [0, 0.1) is 16.7 Å². The molecule has 1 aromatic heterocycles. The molecule has 0 unspecified atom stereocenters. The lowest BCUT2D eigenvalue weighted by molar-refractivity contribution is 0.108. The van der Waals surface area contributed by atoms with Crippen molar-refractivity contribution in [1.29, 1.82) is 0 Å². The molecule has 2 saturated carbocycles. The largest absolute Gasteiger partial charge is 0.497 e. The van der Waals surface area contributed by atoms with Gasteiger partial charge in [0.2, 0.25) is 0 Å². The first-order valence-electron chi connectivity index (χ1n) is 10.4. The van der Waals surface area contributed by atoms with Crippen LogP contribution in [0.5, 0.6) is 5.75 Å².